The number of imidazole rings is 1. The summed E-state index contributed by atoms with van der Waals surface area (Å²) in [4.78, 5) is 22.2. The fraction of sp³-hybridized carbons (Fsp3) is 0.435. The second-order valence-electron chi connectivity index (χ2n) is 9.05. The van der Waals surface area contributed by atoms with Crippen LogP contribution in [0.25, 0.3) is 17.1 Å². The lowest BCUT2D eigenvalue weighted by Crippen LogP contribution is -2.42. The van der Waals surface area contributed by atoms with E-state index in [4.69, 9.17) is 0 Å². The lowest BCUT2D eigenvalue weighted by atomic mass is 10.1. The van der Waals surface area contributed by atoms with E-state index in [1.165, 1.54) is 22.7 Å². The van der Waals surface area contributed by atoms with Crippen molar-refractivity contribution in [2.45, 2.75) is 38.3 Å². The molecule has 1 N–H and O–H groups in total. The number of benzene rings is 1. The number of piperidine rings is 1. The number of hydrogen-bond donors (Lipinski definition) is 1. The molecule has 0 atom stereocenters. The lowest BCUT2D eigenvalue weighted by molar-refractivity contribution is 0.331. The van der Waals surface area contributed by atoms with Crippen molar-refractivity contribution in [2.75, 3.05) is 24.7 Å². The SMILES string of the molecule is CS(=O)(=O)N1CCC(Nc2nccc(-c3cn(CC4CC4)c(=O)n3-c3ccc(F)cc3)n2)CC1. The molecule has 2 fully saturated rings. The Morgan fingerprint density at radius 3 is 2.44 bits per heavy atom. The third kappa shape index (κ3) is 4.90. The predicted molar refractivity (Wildman–Crippen MR) is 127 cm³/mol. The molecule has 1 saturated carbocycles. The Morgan fingerprint density at radius 1 is 1.09 bits per heavy atom. The summed E-state index contributed by atoms with van der Waals surface area (Å²) in [5, 5.41) is 3.31. The highest BCUT2D eigenvalue weighted by atomic mass is 32.2. The predicted octanol–water partition coefficient (Wildman–Crippen LogP) is 2.48. The van der Waals surface area contributed by atoms with Crippen LogP contribution in [0.5, 0.6) is 0 Å². The van der Waals surface area contributed by atoms with Gasteiger partial charge in [0, 0.05) is 38.1 Å². The molecule has 11 heteroatoms. The largest absolute Gasteiger partial charge is 0.351 e. The number of hydrogen-bond acceptors (Lipinski definition) is 6. The molecule has 0 spiro atoms. The molecule has 0 amide bonds. The number of aromatic nitrogens is 4. The van der Waals surface area contributed by atoms with Gasteiger partial charge in [-0.1, -0.05) is 0 Å². The maximum atomic E-state index is 13.5. The fourth-order valence-electron chi connectivity index (χ4n) is 4.31. The molecule has 0 unspecified atom stereocenters. The Kier molecular flexibility index (Phi) is 5.98. The van der Waals surface area contributed by atoms with Gasteiger partial charge in [-0.05, 0) is 61.9 Å². The minimum atomic E-state index is -3.19. The Bertz CT molecular complexity index is 1340. The smallest absolute Gasteiger partial charge is 0.333 e. The monoisotopic (exact) mass is 486 g/mol. The van der Waals surface area contributed by atoms with Crippen LogP contribution in [0.2, 0.25) is 0 Å². The van der Waals surface area contributed by atoms with Gasteiger partial charge in [0.05, 0.1) is 23.3 Å². The molecule has 0 radical (unpaired) electrons. The highest BCUT2D eigenvalue weighted by Crippen LogP contribution is 2.31. The van der Waals surface area contributed by atoms with E-state index in [1.54, 1.807) is 39.7 Å². The second-order valence-corrected chi connectivity index (χ2v) is 11.0. The van der Waals surface area contributed by atoms with E-state index in [1.807, 2.05) is 0 Å². The molecule has 1 saturated heterocycles. The topological polar surface area (TPSA) is 102 Å². The van der Waals surface area contributed by atoms with Gasteiger partial charge in [0.15, 0.2) is 0 Å². The van der Waals surface area contributed by atoms with Gasteiger partial charge in [0.2, 0.25) is 16.0 Å². The van der Waals surface area contributed by atoms with Crippen molar-refractivity contribution >= 4 is 16.0 Å². The molecule has 3 aromatic rings. The van der Waals surface area contributed by atoms with Gasteiger partial charge in [-0.25, -0.2) is 31.9 Å². The van der Waals surface area contributed by atoms with Gasteiger partial charge >= 0.3 is 5.69 Å². The number of sulfonamides is 1. The molecule has 34 heavy (non-hydrogen) atoms. The van der Waals surface area contributed by atoms with Crippen LogP contribution in [0.3, 0.4) is 0 Å². The van der Waals surface area contributed by atoms with E-state index in [-0.39, 0.29) is 17.5 Å². The zero-order valence-corrected chi connectivity index (χ0v) is 19.7. The summed E-state index contributed by atoms with van der Waals surface area (Å²) in [5.74, 6) is 0.560. The summed E-state index contributed by atoms with van der Waals surface area (Å²) >= 11 is 0. The van der Waals surface area contributed by atoms with E-state index in [0.29, 0.717) is 61.4 Å². The maximum Gasteiger partial charge on any atom is 0.333 e. The van der Waals surface area contributed by atoms with Crippen molar-refractivity contribution in [2.24, 2.45) is 5.92 Å². The van der Waals surface area contributed by atoms with Crippen LogP contribution in [-0.4, -0.2) is 57.2 Å². The third-order valence-electron chi connectivity index (χ3n) is 6.37. The average Bonchev–Trinajstić information content (AvgIpc) is 3.57. The quantitative estimate of drug-likeness (QED) is 0.551. The van der Waals surface area contributed by atoms with E-state index in [9.17, 15) is 17.6 Å². The van der Waals surface area contributed by atoms with Gasteiger partial charge < -0.3 is 5.32 Å². The molecule has 9 nitrogen and oxygen atoms in total. The summed E-state index contributed by atoms with van der Waals surface area (Å²) in [6, 6.07) is 7.62. The summed E-state index contributed by atoms with van der Waals surface area (Å²) in [6.45, 7) is 1.55. The summed E-state index contributed by atoms with van der Waals surface area (Å²) < 4.78 is 41.8. The molecule has 0 bridgehead atoms. The third-order valence-corrected chi connectivity index (χ3v) is 7.67. The van der Waals surface area contributed by atoms with E-state index in [0.717, 1.165) is 12.8 Å². The first-order valence-corrected chi connectivity index (χ1v) is 13.3. The van der Waals surface area contributed by atoms with Crippen molar-refractivity contribution in [3.8, 4) is 17.1 Å². The molecule has 3 heterocycles. The standard InChI is InChI=1S/C23H27FN6O3S/c1-34(32,33)29-12-9-18(10-13-29)26-22-25-11-8-20(27-22)21-15-28(14-16-2-3-16)23(31)30(21)19-6-4-17(24)5-7-19/h4-8,11,15-16,18H,2-3,9-10,12-14H2,1H3,(H,25,26,27). The summed E-state index contributed by atoms with van der Waals surface area (Å²) in [6.07, 6.45) is 8.20. The number of halogens is 1. The molecule has 1 aromatic carbocycles. The van der Waals surface area contributed by atoms with Gasteiger partial charge in [0.1, 0.15) is 5.82 Å². The van der Waals surface area contributed by atoms with Crippen molar-refractivity contribution in [1.82, 2.24) is 23.4 Å². The average molecular weight is 487 g/mol. The van der Waals surface area contributed by atoms with Crippen LogP contribution < -0.4 is 11.0 Å². The van der Waals surface area contributed by atoms with Crippen molar-refractivity contribution in [1.29, 1.82) is 0 Å². The van der Waals surface area contributed by atoms with Gasteiger partial charge in [-0.15, -0.1) is 0 Å². The van der Waals surface area contributed by atoms with Crippen LogP contribution in [0.4, 0.5) is 10.3 Å². The number of anilines is 1. The van der Waals surface area contributed by atoms with E-state index >= 15 is 0 Å². The lowest BCUT2D eigenvalue weighted by Gasteiger charge is -2.30. The molecule has 1 aliphatic heterocycles. The van der Waals surface area contributed by atoms with Crippen molar-refractivity contribution in [3.05, 3.63) is 59.0 Å². The minimum Gasteiger partial charge on any atom is -0.351 e. The normalized spacial score (nSPS) is 17.7. The number of rotatable bonds is 7. The van der Waals surface area contributed by atoms with Crippen LogP contribution >= 0.6 is 0 Å². The first kappa shape index (κ1) is 22.7. The molecule has 2 aliphatic rings. The van der Waals surface area contributed by atoms with Crippen LogP contribution in [-0.2, 0) is 16.6 Å². The van der Waals surface area contributed by atoms with Crippen molar-refractivity contribution < 1.29 is 12.8 Å². The van der Waals surface area contributed by atoms with E-state index < -0.39 is 10.0 Å². The van der Waals surface area contributed by atoms with Crippen LogP contribution in [0.15, 0.2) is 47.5 Å². The van der Waals surface area contributed by atoms with Crippen molar-refractivity contribution in [3.63, 3.8) is 0 Å². The fourth-order valence-corrected chi connectivity index (χ4v) is 5.18. The molecular weight excluding hydrogens is 459 g/mol. The highest BCUT2D eigenvalue weighted by molar-refractivity contribution is 7.88. The maximum absolute atomic E-state index is 13.5. The Hall–Kier alpha value is -3.05. The number of nitrogens with zero attached hydrogens (tertiary/aromatic N) is 5. The van der Waals surface area contributed by atoms with Gasteiger partial charge in [0.25, 0.3) is 0 Å². The van der Waals surface area contributed by atoms with Gasteiger partial charge in [-0.3, -0.25) is 9.13 Å². The molecule has 2 aromatic heterocycles. The number of nitrogens with one attached hydrogen (secondary N) is 1. The first-order valence-electron chi connectivity index (χ1n) is 11.4. The zero-order valence-electron chi connectivity index (χ0n) is 18.9. The second kappa shape index (κ2) is 8.95. The zero-order chi connectivity index (χ0) is 23.9. The first-order chi connectivity index (χ1) is 16.3. The summed E-state index contributed by atoms with van der Waals surface area (Å²) in [5.41, 5.74) is 1.56. The Morgan fingerprint density at radius 2 is 1.79 bits per heavy atom. The van der Waals surface area contributed by atoms with Gasteiger partial charge in [-0.2, -0.15) is 0 Å². The minimum absolute atomic E-state index is 0.0482. The van der Waals surface area contributed by atoms with Crippen LogP contribution in [0, 0.1) is 11.7 Å². The highest BCUT2D eigenvalue weighted by Gasteiger charge is 2.26. The molecule has 5 rings (SSSR count). The van der Waals surface area contributed by atoms with Crippen LogP contribution in [0.1, 0.15) is 25.7 Å². The Labute approximate surface area is 197 Å². The molecule has 180 valence electrons. The Balaban J connectivity index is 1.43. The van der Waals surface area contributed by atoms with E-state index in [2.05, 4.69) is 15.3 Å². The summed E-state index contributed by atoms with van der Waals surface area (Å²) in [7, 11) is -3.19. The molecule has 1 aliphatic carbocycles. The molecular formula is C23H27FN6O3S.